The molecule has 0 fully saturated rings. The Labute approximate surface area is 140 Å². The van der Waals surface area contributed by atoms with E-state index in [9.17, 15) is 4.79 Å². The molecule has 3 rings (SSSR count). The molecule has 0 aromatic carbocycles. The number of oxazole rings is 1. The molecule has 0 saturated heterocycles. The van der Waals surface area contributed by atoms with Crippen LogP contribution in [0.3, 0.4) is 0 Å². The summed E-state index contributed by atoms with van der Waals surface area (Å²) in [6.45, 7) is 7.94. The Kier molecular flexibility index (Phi) is 4.19. The van der Waals surface area contributed by atoms with Crippen molar-refractivity contribution in [3.63, 3.8) is 0 Å². The summed E-state index contributed by atoms with van der Waals surface area (Å²) in [7, 11) is 0. The number of carbonyl (C=O) groups excluding carboxylic acids is 1. The predicted octanol–water partition coefficient (Wildman–Crippen LogP) is 2.80. The van der Waals surface area contributed by atoms with Gasteiger partial charge in [-0.05, 0) is 0 Å². The molecule has 0 bridgehead atoms. The summed E-state index contributed by atoms with van der Waals surface area (Å²) in [5.74, 6) is 1.75. The number of hydrogen-bond acceptors (Lipinski definition) is 4. The van der Waals surface area contributed by atoms with E-state index in [1.54, 1.807) is 17.1 Å². The minimum Gasteiger partial charge on any atom is -0.445 e. The monoisotopic (exact) mass is 336 g/mol. The molecule has 6 nitrogen and oxygen atoms in total. The molecule has 0 saturated carbocycles. The zero-order valence-electron chi connectivity index (χ0n) is 13.7. The molecule has 1 amide bonds. The number of fused-ring (bicyclic) bond motifs is 1. The molecular weight excluding hydrogens is 316 g/mol. The maximum absolute atomic E-state index is 12.4. The van der Waals surface area contributed by atoms with Gasteiger partial charge in [-0.25, -0.2) is 4.98 Å². The van der Waals surface area contributed by atoms with Crippen molar-refractivity contribution in [1.29, 1.82) is 0 Å². The zero-order chi connectivity index (χ0) is 16.6. The predicted molar refractivity (Wildman–Crippen MR) is 86.2 cm³/mol. The SMILES string of the molecule is CC(C)(C)c1nc2c(o1)CCN(C(=O)CCn1cc(Cl)cn1)C2. The van der Waals surface area contributed by atoms with Gasteiger partial charge in [0.1, 0.15) is 11.5 Å². The highest BCUT2D eigenvalue weighted by Gasteiger charge is 2.28. The van der Waals surface area contributed by atoms with Crippen molar-refractivity contribution in [2.45, 2.75) is 52.1 Å². The summed E-state index contributed by atoms with van der Waals surface area (Å²) in [5.41, 5.74) is 0.766. The van der Waals surface area contributed by atoms with Gasteiger partial charge in [-0.2, -0.15) is 5.10 Å². The molecule has 7 heteroatoms. The van der Waals surface area contributed by atoms with E-state index in [1.165, 1.54) is 0 Å². The molecule has 0 radical (unpaired) electrons. The molecule has 2 aromatic heterocycles. The van der Waals surface area contributed by atoms with Gasteiger partial charge >= 0.3 is 0 Å². The van der Waals surface area contributed by atoms with Gasteiger partial charge in [0.15, 0.2) is 5.89 Å². The van der Waals surface area contributed by atoms with Crippen molar-refractivity contribution in [3.05, 3.63) is 34.8 Å². The minimum absolute atomic E-state index is 0.0996. The van der Waals surface area contributed by atoms with Crippen LogP contribution in [0.1, 0.15) is 44.5 Å². The summed E-state index contributed by atoms with van der Waals surface area (Å²) >= 11 is 5.82. The molecule has 0 spiro atoms. The van der Waals surface area contributed by atoms with E-state index in [0.717, 1.165) is 23.8 Å². The third-order valence-corrected chi connectivity index (χ3v) is 4.07. The van der Waals surface area contributed by atoms with Gasteiger partial charge in [0.05, 0.1) is 17.8 Å². The standard InChI is InChI=1S/C16H21ClN4O2/c1-16(2,3)15-19-12-10-20(6-4-13(12)23-15)14(22)5-7-21-9-11(17)8-18-21/h8-9H,4-7,10H2,1-3H3. The van der Waals surface area contributed by atoms with Gasteiger partial charge in [0.25, 0.3) is 0 Å². The molecule has 3 heterocycles. The maximum atomic E-state index is 12.4. The Morgan fingerprint density at radius 3 is 2.87 bits per heavy atom. The molecule has 0 atom stereocenters. The van der Waals surface area contributed by atoms with Crippen LogP contribution in [0.15, 0.2) is 16.8 Å². The third kappa shape index (κ3) is 3.58. The number of rotatable bonds is 3. The fourth-order valence-corrected chi connectivity index (χ4v) is 2.72. The van der Waals surface area contributed by atoms with Crippen molar-refractivity contribution in [1.82, 2.24) is 19.7 Å². The van der Waals surface area contributed by atoms with Crippen LogP contribution in [0.4, 0.5) is 0 Å². The molecule has 2 aromatic rings. The van der Waals surface area contributed by atoms with Crippen LogP contribution in [0.5, 0.6) is 0 Å². The smallest absolute Gasteiger partial charge is 0.224 e. The average Bonchev–Trinajstić information content (AvgIpc) is 3.09. The Balaban J connectivity index is 1.62. The van der Waals surface area contributed by atoms with E-state index in [2.05, 4.69) is 30.9 Å². The lowest BCUT2D eigenvalue weighted by molar-refractivity contribution is -0.132. The Morgan fingerprint density at radius 1 is 1.43 bits per heavy atom. The Morgan fingerprint density at radius 2 is 2.22 bits per heavy atom. The second kappa shape index (κ2) is 6.00. The van der Waals surface area contributed by atoms with E-state index in [1.807, 2.05) is 4.90 Å². The normalized spacial score (nSPS) is 14.9. The molecule has 0 aliphatic carbocycles. The number of aryl methyl sites for hydroxylation is 1. The Hall–Kier alpha value is -1.82. The maximum Gasteiger partial charge on any atom is 0.224 e. The van der Waals surface area contributed by atoms with Gasteiger partial charge in [0, 0.05) is 37.5 Å². The molecule has 1 aliphatic heterocycles. The number of nitrogens with zero attached hydrogens (tertiary/aromatic N) is 4. The van der Waals surface area contributed by atoms with Crippen molar-refractivity contribution < 1.29 is 9.21 Å². The molecule has 1 aliphatic rings. The van der Waals surface area contributed by atoms with Crippen LogP contribution < -0.4 is 0 Å². The molecule has 124 valence electrons. The molecule has 0 N–H and O–H groups in total. The van der Waals surface area contributed by atoms with Crippen LogP contribution in [0, 0.1) is 0 Å². The number of amides is 1. The van der Waals surface area contributed by atoms with Crippen LogP contribution in [-0.4, -0.2) is 32.1 Å². The number of aromatic nitrogens is 3. The fraction of sp³-hybridized carbons (Fsp3) is 0.562. The lowest BCUT2D eigenvalue weighted by Gasteiger charge is -2.25. The van der Waals surface area contributed by atoms with Crippen molar-refractivity contribution in [2.75, 3.05) is 6.54 Å². The molecule has 0 unspecified atom stereocenters. The van der Waals surface area contributed by atoms with Crippen LogP contribution in [0.2, 0.25) is 5.02 Å². The van der Waals surface area contributed by atoms with Gasteiger partial charge in [-0.15, -0.1) is 0 Å². The van der Waals surface area contributed by atoms with Crippen LogP contribution in [0.25, 0.3) is 0 Å². The van der Waals surface area contributed by atoms with Gasteiger partial charge in [0.2, 0.25) is 5.91 Å². The van der Waals surface area contributed by atoms with Crippen LogP contribution >= 0.6 is 11.6 Å². The first-order valence-electron chi connectivity index (χ1n) is 7.78. The van der Waals surface area contributed by atoms with Gasteiger partial charge in [-0.3, -0.25) is 9.48 Å². The average molecular weight is 337 g/mol. The highest BCUT2D eigenvalue weighted by atomic mass is 35.5. The lowest BCUT2D eigenvalue weighted by atomic mass is 9.97. The quantitative estimate of drug-likeness (QED) is 0.864. The summed E-state index contributed by atoms with van der Waals surface area (Å²) in [5, 5.41) is 4.67. The number of halogens is 1. The van der Waals surface area contributed by atoms with Crippen LogP contribution in [-0.2, 0) is 29.7 Å². The van der Waals surface area contributed by atoms with Gasteiger partial charge in [-0.1, -0.05) is 32.4 Å². The third-order valence-electron chi connectivity index (χ3n) is 3.88. The lowest BCUT2D eigenvalue weighted by Crippen LogP contribution is -2.36. The second-order valence-corrected chi connectivity index (χ2v) is 7.31. The molecule has 23 heavy (non-hydrogen) atoms. The Bertz CT molecular complexity index is 714. The van der Waals surface area contributed by atoms with E-state index in [0.29, 0.717) is 31.1 Å². The molecular formula is C16H21ClN4O2. The van der Waals surface area contributed by atoms with E-state index in [4.69, 9.17) is 16.0 Å². The summed E-state index contributed by atoms with van der Waals surface area (Å²) in [6.07, 6.45) is 4.41. The minimum atomic E-state index is -0.120. The second-order valence-electron chi connectivity index (χ2n) is 6.88. The van der Waals surface area contributed by atoms with Crippen molar-refractivity contribution in [3.8, 4) is 0 Å². The van der Waals surface area contributed by atoms with Crippen molar-refractivity contribution >= 4 is 17.5 Å². The topological polar surface area (TPSA) is 64.2 Å². The summed E-state index contributed by atoms with van der Waals surface area (Å²) in [6, 6.07) is 0. The van der Waals surface area contributed by atoms with E-state index >= 15 is 0 Å². The van der Waals surface area contributed by atoms with E-state index in [-0.39, 0.29) is 11.3 Å². The van der Waals surface area contributed by atoms with E-state index < -0.39 is 0 Å². The first-order chi connectivity index (χ1) is 10.8. The highest BCUT2D eigenvalue weighted by Crippen LogP contribution is 2.27. The first kappa shape index (κ1) is 16.1. The summed E-state index contributed by atoms with van der Waals surface area (Å²) < 4.78 is 7.54. The number of hydrogen-bond donors (Lipinski definition) is 0. The van der Waals surface area contributed by atoms with Gasteiger partial charge < -0.3 is 9.32 Å². The number of carbonyl (C=O) groups is 1. The zero-order valence-corrected chi connectivity index (χ0v) is 14.4. The highest BCUT2D eigenvalue weighted by molar-refractivity contribution is 6.30. The first-order valence-corrected chi connectivity index (χ1v) is 8.15. The fourth-order valence-electron chi connectivity index (χ4n) is 2.56. The summed E-state index contributed by atoms with van der Waals surface area (Å²) in [4.78, 5) is 18.8. The van der Waals surface area contributed by atoms with Crippen molar-refractivity contribution in [2.24, 2.45) is 0 Å². The largest absolute Gasteiger partial charge is 0.445 e.